The molecule has 0 aliphatic heterocycles. The summed E-state index contributed by atoms with van der Waals surface area (Å²) in [7, 11) is 1.32. The van der Waals surface area contributed by atoms with Crippen molar-refractivity contribution in [1.82, 2.24) is 4.90 Å². The molecule has 27 heavy (non-hydrogen) atoms. The zero-order valence-corrected chi connectivity index (χ0v) is 15.3. The zero-order chi connectivity index (χ0) is 19.2. The molecule has 0 bridgehead atoms. The number of hydrogen-bond acceptors (Lipinski definition) is 4. The van der Waals surface area contributed by atoms with Crippen LogP contribution >= 0.6 is 0 Å². The van der Waals surface area contributed by atoms with Crippen LogP contribution in [0.2, 0.25) is 0 Å². The molecule has 5 heteroatoms. The number of fused-ring (bicyclic) bond motifs is 1. The fourth-order valence-electron chi connectivity index (χ4n) is 3.53. The summed E-state index contributed by atoms with van der Waals surface area (Å²) < 4.78 is 4.71. The van der Waals surface area contributed by atoms with Crippen LogP contribution in [0.15, 0.2) is 48.5 Å². The summed E-state index contributed by atoms with van der Waals surface area (Å²) in [5, 5.41) is 2.84. The van der Waals surface area contributed by atoms with Gasteiger partial charge in [0.05, 0.1) is 25.8 Å². The third kappa shape index (κ3) is 4.36. The number of carbonyl (C=O) groups excluding carboxylic acids is 2. The lowest BCUT2D eigenvalue weighted by molar-refractivity contribution is -0.117. The Balaban J connectivity index is 1.70. The molecule has 3 rings (SSSR count). The quantitative estimate of drug-likeness (QED) is 0.634. The molecule has 0 saturated heterocycles. The minimum atomic E-state index is -0.442. The van der Waals surface area contributed by atoms with E-state index >= 15 is 0 Å². The Kier molecular flexibility index (Phi) is 5.90. The van der Waals surface area contributed by atoms with Gasteiger partial charge in [-0.05, 0) is 42.2 Å². The number of aryl methyl sites for hydroxylation is 1. The number of nitrogens with one attached hydrogen (secondary N) is 1. The number of benzene rings is 2. The molecule has 1 aliphatic carbocycles. The number of terminal acetylenes is 1. The molecule has 0 spiro atoms. The van der Waals surface area contributed by atoms with Gasteiger partial charge in [-0.2, -0.15) is 0 Å². The van der Waals surface area contributed by atoms with E-state index in [2.05, 4.69) is 23.4 Å². The van der Waals surface area contributed by atoms with E-state index < -0.39 is 5.97 Å². The van der Waals surface area contributed by atoms with Crippen molar-refractivity contribution in [3.63, 3.8) is 0 Å². The van der Waals surface area contributed by atoms with Crippen molar-refractivity contribution in [1.29, 1.82) is 0 Å². The smallest absolute Gasteiger partial charge is 0.337 e. The van der Waals surface area contributed by atoms with Crippen LogP contribution < -0.4 is 5.32 Å². The lowest BCUT2D eigenvalue weighted by Crippen LogP contribution is -2.36. The number of anilines is 1. The maximum absolute atomic E-state index is 12.6. The molecular weight excluding hydrogens is 340 g/mol. The summed E-state index contributed by atoms with van der Waals surface area (Å²) in [6.45, 7) is 0.584. The number of ether oxygens (including phenoxy) is 1. The minimum Gasteiger partial charge on any atom is -0.465 e. The number of nitrogens with zero attached hydrogens (tertiary/aromatic N) is 1. The largest absolute Gasteiger partial charge is 0.465 e. The highest BCUT2D eigenvalue weighted by Gasteiger charge is 2.28. The van der Waals surface area contributed by atoms with Crippen molar-refractivity contribution >= 4 is 17.6 Å². The molecule has 0 radical (unpaired) electrons. The average Bonchev–Trinajstić information content (AvgIpc) is 3.11. The van der Waals surface area contributed by atoms with E-state index in [-0.39, 0.29) is 18.5 Å². The van der Waals surface area contributed by atoms with Gasteiger partial charge in [0.15, 0.2) is 0 Å². The number of esters is 1. The van der Waals surface area contributed by atoms with Gasteiger partial charge in [-0.15, -0.1) is 6.42 Å². The number of rotatable bonds is 6. The fourth-order valence-corrected chi connectivity index (χ4v) is 3.53. The molecule has 0 heterocycles. The monoisotopic (exact) mass is 362 g/mol. The van der Waals surface area contributed by atoms with E-state index in [1.54, 1.807) is 24.3 Å². The second-order valence-electron chi connectivity index (χ2n) is 6.48. The normalized spacial score (nSPS) is 15.1. The first-order chi connectivity index (χ1) is 13.1. The third-order valence-electron chi connectivity index (χ3n) is 4.75. The Morgan fingerprint density at radius 2 is 2.07 bits per heavy atom. The molecule has 0 aromatic heterocycles. The summed E-state index contributed by atoms with van der Waals surface area (Å²) in [4.78, 5) is 26.2. The number of hydrogen-bond donors (Lipinski definition) is 1. The van der Waals surface area contributed by atoms with Gasteiger partial charge >= 0.3 is 5.97 Å². The summed E-state index contributed by atoms with van der Waals surface area (Å²) in [5.41, 5.74) is 3.50. The zero-order valence-electron chi connectivity index (χ0n) is 15.3. The molecular formula is C22H22N2O3. The number of amides is 1. The minimum absolute atomic E-state index is 0.143. The Bertz CT molecular complexity index is 885. The predicted octanol–water partition coefficient (Wildman–Crippen LogP) is 3.03. The van der Waals surface area contributed by atoms with E-state index in [0.29, 0.717) is 17.8 Å². The van der Waals surface area contributed by atoms with Gasteiger partial charge in [0.25, 0.3) is 0 Å². The van der Waals surface area contributed by atoms with E-state index in [9.17, 15) is 9.59 Å². The van der Waals surface area contributed by atoms with Gasteiger partial charge in [-0.1, -0.05) is 36.3 Å². The van der Waals surface area contributed by atoms with Crippen molar-refractivity contribution < 1.29 is 14.3 Å². The Hall–Kier alpha value is -3.10. The first kappa shape index (κ1) is 18.7. The van der Waals surface area contributed by atoms with E-state index in [1.807, 2.05) is 17.0 Å². The Labute approximate surface area is 159 Å². The molecule has 1 aliphatic rings. The summed E-state index contributed by atoms with van der Waals surface area (Å²) in [6.07, 6.45) is 7.48. The molecule has 1 unspecified atom stereocenters. The van der Waals surface area contributed by atoms with Gasteiger partial charge in [0.2, 0.25) is 5.91 Å². The van der Waals surface area contributed by atoms with Crippen LogP contribution in [0.25, 0.3) is 0 Å². The fraction of sp³-hybridized carbons (Fsp3) is 0.273. The molecule has 0 fully saturated rings. The molecule has 0 saturated carbocycles. The second-order valence-corrected chi connectivity index (χ2v) is 6.48. The number of carbonyl (C=O) groups is 2. The van der Waals surface area contributed by atoms with Crippen LogP contribution in [0.1, 0.15) is 33.9 Å². The number of methoxy groups -OCH3 is 1. The SMILES string of the molecule is C#CCN(CC(=O)Nc1cccc(C(=O)OC)c1)C1CCc2ccccc21. The summed E-state index contributed by atoms with van der Waals surface area (Å²) in [5.74, 6) is 2.05. The lowest BCUT2D eigenvalue weighted by Gasteiger charge is -2.27. The summed E-state index contributed by atoms with van der Waals surface area (Å²) >= 11 is 0. The molecule has 1 atom stereocenters. The van der Waals surface area contributed by atoms with Crippen LogP contribution in [0, 0.1) is 12.3 Å². The van der Waals surface area contributed by atoms with Crippen LogP contribution in [0.4, 0.5) is 5.69 Å². The molecule has 5 nitrogen and oxygen atoms in total. The van der Waals surface area contributed by atoms with Crippen molar-refractivity contribution in [3.8, 4) is 12.3 Å². The van der Waals surface area contributed by atoms with E-state index in [0.717, 1.165) is 12.8 Å². The van der Waals surface area contributed by atoms with E-state index in [4.69, 9.17) is 11.2 Å². The average molecular weight is 362 g/mol. The highest BCUT2D eigenvalue weighted by atomic mass is 16.5. The van der Waals surface area contributed by atoms with Gasteiger partial charge in [0.1, 0.15) is 0 Å². The van der Waals surface area contributed by atoms with Gasteiger partial charge < -0.3 is 10.1 Å². The third-order valence-corrected chi connectivity index (χ3v) is 4.75. The van der Waals surface area contributed by atoms with Crippen LogP contribution in [-0.2, 0) is 16.0 Å². The van der Waals surface area contributed by atoms with Crippen LogP contribution in [0.3, 0.4) is 0 Å². The van der Waals surface area contributed by atoms with Crippen molar-refractivity contribution in [2.75, 3.05) is 25.5 Å². The van der Waals surface area contributed by atoms with Crippen molar-refractivity contribution in [2.24, 2.45) is 0 Å². The Morgan fingerprint density at radius 3 is 2.85 bits per heavy atom. The first-order valence-electron chi connectivity index (χ1n) is 8.86. The van der Waals surface area contributed by atoms with Gasteiger partial charge in [-0.3, -0.25) is 9.69 Å². The Morgan fingerprint density at radius 1 is 1.26 bits per heavy atom. The maximum atomic E-state index is 12.6. The second kappa shape index (κ2) is 8.52. The van der Waals surface area contributed by atoms with E-state index in [1.165, 1.54) is 18.2 Å². The van der Waals surface area contributed by atoms with Crippen molar-refractivity contribution in [3.05, 3.63) is 65.2 Å². The highest BCUT2D eigenvalue weighted by molar-refractivity contribution is 5.95. The topological polar surface area (TPSA) is 58.6 Å². The standard InChI is InChI=1S/C22H22N2O3/c1-3-13-24(20-12-11-16-7-4-5-10-19(16)20)15-21(25)23-18-9-6-8-17(14-18)22(26)27-2/h1,4-10,14,20H,11-13,15H2,2H3,(H,23,25). The predicted molar refractivity (Wildman–Crippen MR) is 104 cm³/mol. The molecule has 2 aromatic carbocycles. The molecule has 2 aromatic rings. The maximum Gasteiger partial charge on any atom is 0.337 e. The highest BCUT2D eigenvalue weighted by Crippen LogP contribution is 2.35. The van der Waals surface area contributed by atoms with Gasteiger partial charge in [0, 0.05) is 11.7 Å². The van der Waals surface area contributed by atoms with Crippen LogP contribution in [-0.4, -0.2) is 37.0 Å². The first-order valence-corrected chi connectivity index (χ1v) is 8.86. The lowest BCUT2D eigenvalue weighted by atomic mass is 10.1. The molecule has 1 amide bonds. The van der Waals surface area contributed by atoms with Crippen molar-refractivity contribution in [2.45, 2.75) is 18.9 Å². The molecule has 1 N–H and O–H groups in total. The summed E-state index contributed by atoms with van der Waals surface area (Å²) in [6, 6.07) is 15.1. The van der Waals surface area contributed by atoms with Crippen LogP contribution in [0.5, 0.6) is 0 Å². The van der Waals surface area contributed by atoms with Gasteiger partial charge in [-0.25, -0.2) is 4.79 Å². The molecule has 138 valence electrons.